The second kappa shape index (κ2) is 7.26. The van der Waals surface area contributed by atoms with Crippen molar-refractivity contribution < 1.29 is 4.79 Å². The molecule has 1 fully saturated rings. The van der Waals surface area contributed by atoms with Gasteiger partial charge in [-0.25, -0.2) is 0 Å². The molecule has 1 aromatic carbocycles. The highest BCUT2D eigenvalue weighted by molar-refractivity contribution is 9.09. The van der Waals surface area contributed by atoms with E-state index in [1.54, 1.807) is 0 Å². The Morgan fingerprint density at radius 2 is 1.80 bits per heavy atom. The Morgan fingerprint density at radius 1 is 1.20 bits per heavy atom. The van der Waals surface area contributed by atoms with Crippen molar-refractivity contribution in [2.45, 2.75) is 50.3 Å². The Labute approximate surface area is 130 Å². The number of alkyl halides is 1. The van der Waals surface area contributed by atoms with Crippen LogP contribution in [0.1, 0.15) is 61.4 Å². The maximum Gasteiger partial charge on any atom is 0.251 e. The van der Waals surface area contributed by atoms with Crippen molar-refractivity contribution >= 4 is 21.8 Å². The topological polar surface area (TPSA) is 29.1 Å². The molecule has 3 heteroatoms. The Morgan fingerprint density at radius 3 is 2.35 bits per heavy atom. The predicted molar refractivity (Wildman–Crippen MR) is 87.5 cm³/mol. The highest BCUT2D eigenvalue weighted by atomic mass is 79.9. The molecule has 1 aromatic rings. The molecule has 0 radical (unpaired) electrons. The van der Waals surface area contributed by atoms with E-state index in [0.29, 0.717) is 16.7 Å². The van der Waals surface area contributed by atoms with Gasteiger partial charge in [0.25, 0.3) is 5.91 Å². The summed E-state index contributed by atoms with van der Waals surface area (Å²) >= 11 is 3.66. The first-order valence-electron chi connectivity index (χ1n) is 7.58. The zero-order valence-corrected chi connectivity index (χ0v) is 13.9. The fourth-order valence-electron chi connectivity index (χ4n) is 2.68. The van der Waals surface area contributed by atoms with Crippen molar-refractivity contribution in [1.29, 1.82) is 0 Å². The molecule has 110 valence electrons. The number of carbonyl (C=O) groups is 1. The summed E-state index contributed by atoms with van der Waals surface area (Å²) in [7, 11) is 0. The van der Waals surface area contributed by atoms with Gasteiger partial charge in [-0.3, -0.25) is 4.79 Å². The van der Waals surface area contributed by atoms with Gasteiger partial charge >= 0.3 is 0 Å². The van der Waals surface area contributed by atoms with Crippen LogP contribution in [0.2, 0.25) is 0 Å². The number of carbonyl (C=O) groups excluding carboxylic acids is 1. The molecule has 2 rings (SSSR count). The van der Waals surface area contributed by atoms with E-state index in [1.165, 1.54) is 31.2 Å². The monoisotopic (exact) mass is 337 g/mol. The van der Waals surface area contributed by atoms with Gasteiger partial charge in [-0.2, -0.15) is 0 Å². The first-order valence-corrected chi connectivity index (χ1v) is 8.50. The maximum absolute atomic E-state index is 12.1. The Balaban J connectivity index is 1.82. The van der Waals surface area contributed by atoms with Crippen LogP contribution in [0, 0.1) is 5.92 Å². The van der Waals surface area contributed by atoms with Crippen LogP contribution in [0.25, 0.3) is 0 Å². The van der Waals surface area contributed by atoms with Crippen LogP contribution >= 0.6 is 15.9 Å². The van der Waals surface area contributed by atoms with E-state index in [2.05, 4.69) is 47.2 Å². The Bertz CT molecular complexity index is 433. The van der Waals surface area contributed by atoms with Gasteiger partial charge in [-0.05, 0) is 55.2 Å². The van der Waals surface area contributed by atoms with Gasteiger partial charge in [0.15, 0.2) is 0 Å². The molecular weight excluding hydrogens is 314 g/mol. The van der Waals surface area contributed by atoms with Crippen LogP contribution in [-0.4, -0.2) is 17.3 Å². The average molecular weight is 338 g/mol. The van der Waals surface area contributed by atoms with E-state index in [9.17, 15) is 4.79 Å². The van der Waals surface area contributed by atoms with E-state index in [-0.39, 0.29) is 5.91 Å². The fraction of sp³-hybridized carbons (Fsp3) is 0.588. The van der Waals surface area contributed by atoms with Crippen LogP contribution in [0.3, 0.4) is 0 Å². The minimum Gasteiger partial charge on any atom is -0.352 e. The highest BCUT2D eigenvalue weighted by Gasteiger charge is 2.19. The molecular formula is C17H24BrNO. The third kappa shape index (κ3) is 4.34. The largest absolute Gasteiger partial charge is 0.352 e. The lowest BCUT2D eigenvalue weighted by Crippen LogP contribution is -2.31. The Hall–Kier alpha value is -0.830. The van der Waals surface area contributed by atoms with Crippen molar-refractivity contribution in [2.24, 2.45) is 5.92 Å². The van der Waals surface area contributed by atoms with Gasteiger partial charge in [-0.15, -0.1) is 0 Å². The third-order valence-corrected chi connectivity index (χ3v) is 5.08. The molecule has 0 atom stereocenters. The molecule has 1 amide bonds. The summed E-state index contributed by atoms with van der Waals surface area (Å²) in [6, 6.07) is 7.96. The molecule has 0 aliphatic heterocycles. The molecule has 0 unspecified atom stereocenters. The van der Waals surface area contributed by atoms with E-state index in [4.69, 9.17) is 0 Å². The molecule has 0 spiro atoms. The summed E-state index contributed by atoms with van der Waals surface area (Å²) in [5.74, 6) is 1.20. The second-order valence-corrected chi connectivity index (χ2v) is 7.40. The van der Waals surface area contributed by atoms with Crippen molar-refractivity contribution in [3.8, 4) is 0 Å². The summed E-state index contributed by atoms with van der Waals surface area (Å²) in [6.07, 6.45) is 4.87. The molecule has 1 aliphatic carbocycles. The van der Waals surface area contributed by atoms with Crippen LogP contribution in [-0.2, 0) is 0 Å². The van der Waals surface area contributed by atoms with Crippen molar-refractivity contribution in [1.82, 2.24) is 5.32 Å². The summed E-state index contributed by atoms with van der Waals surface area (Å²) in [6.45, 7) is 5.13. The van der Waals surface area contributed by atoms with Gasteiger partial charge in [-0.1, -0.05) is 41.9 Å². The lowest BCUT2D eigenvalue weighted by atomic mass is 9.89. The molecule has 0 saturated heterocycles. The second-order valence-electron chi connectivity index (χ2n) is 6.10. The number of amides is 1. The molecule has 0 heterocycles. The zero-order valence-electron chi connectivity index (χ0n) is 12.4. The molecule has 1 N–H and O–H groups in total. The first kappa shape index (κ1) is 15.6. The standard InChI is InChI=1S/C17H24BrNO/c1-12(2)14-5-7-15(8-6-14)17(20)19-11-13-3-9-16(18)10-4-13/h5-8,12-13,16H,3-4,9-11H2,1-2H3,(H,19,20). The maximum atomic E-state index is 12.1. The van der Waals surface area contributed by atoms with Crippen LogP contribution in [0.4, 0.5) is 0 Å². The molecule has 1 saturated carbocycles. The molecule has 0 aromatic heterocycles. The third-order valence-electron chi connectivity index (χ3n) is 4.17. The minimum absolute atomic E-state index is 0.0567. The van der Waals surface area contributed by atoms with E-state index in [1.807, 2.05) is 12.1 Å². The van der Waals surface area contributed by atoms with Gasteiger partial charge in [0, 0.05) is 16.9 Å². The lowest BCUT2D eigenvalue weighted by molar-refractivity contribution is 0.0944. The van der Waals surface area contributed by atoms with Crippen LogP contribution in [0.5, 0.6) is 0 Å². The number of benzene rings is 1. The summed E-state index contributed by atoms with van der Waals surface area (Å²) in [4.78, 5) is 12.8. The summed E-state index contributed by atoms with van der Waals surface area (Å²) < 4.78 is 0. The van der Waals surface area contributed by atoms with Crippen LogP contribution < -0.4 is 5.32 Å². The number of rotatable bonds is 4. The smallest absolute Gasteiger partial charge is 0.251 e. The van der Waals surface area contributed by atoms with Crippen molar-refractivity contribution in [3.63, 3.8) is 0 Å². The van der Waals surface area contributed by atoms with E-state index >= 15 is 0 Å². The number of hydrogen-bond donors (Lipinski definition) is 1. The number of halogens is 1. The SMILES string of the molecule is CC(C)c1ccc(C(=O)NCC2CCC(Br)CC2)cc1. The molecule has 0 bridgehead atoms. The van der Waals surface area contributed by atoms with Gasteiger partial charge in [0.2, 0.25) is 0 Å². The van der Waals surface area contributed by atoms with E-state index < -0.39 is 0 Å². The Kier molecular flexibility index (Phi) is 5.64. The fourth-order valence-corrected chi connectivity index (χ4v) is 3.21. The van der Waals surface area contributed by atoms with Crippen molar-refractivity contribution in [2.75, 3.05) is 6.54 Å². The predicted octanol–water partition coefficient (Wildman–Crippen LogP) is 4.49. The van der Waals surface area contributed by atoms with Crippen LogP contribution in [0.15, 0.2) is 24.3 Å². The minimum atomic E-state index is 0.0567. The normalized spacial score (nSPS) is 22.8. The van der Waals surface area contributed by atoms with Crippen molar-refractivity contribution in [3.05, 3.63) is 35.4 Å². The first-order chi connectivity index (χ1) is 9.56. The zero-order chi connectivity index (χ0) is 14.5. The molecule has 1 aliphatic rings. The molecule has 2 nitrogen and oxygen atoms in total. The number of hydrogen-bond acceptors (Lipinski definition) is 1. The summed E-state index contributed by atoms with van der Waals surface area (Å²) in [5.41, 5.74) is 2.04. The number of nitrogens with one attached hydrogen (secondary N) is 1. The van der Waals surface area contributed by atoms with Gasteiger partial charge in [0.05, 0.1) is 0 Å². The average Bonchev–Trinajstić information content (AvgIpc) is 2.46. The highest BCUT2D eigenvalue weighted by Crippen LogP contribution is 2.28. The summed E-state index contributed by atoms with van der Waals surface area (Å²) in [5, 5.41) is 3.08. The molecule has 20 heavy (non-hydrogen) atoms. The lowest BCUT2D eigenvalue weighted by Gasteiger charge is -2.25. The van der Waals surface area contributed by atoms with Gasteiger partial charge < -0.3 is 5.32 Å². The van der Waals surface area contributed by atoms with Gasteiger partial charge in [0.1, 0.15) is 0 Å². The quantitative estimate of drug-likeness (QED) is 0.805. The van der Waals surface area contributed by atoms with E-state index in [0.717, 1.165) is 12.1 Å².